The van der Waals surface area contributed by atoms with E-state index < -0.39 is 43.7 Å². The second-order valence-electron chi connectivity index (χ2n) is 6.40. The summed E-state index contributed by atoms with van der Waals surface area (Å²) in [5.74, 6) is -0.896. The molecular formula is C19H16ClF3N2O4S. The van der Waals surface area contributed by atoms with Crippen LogP contribution >= 0.6 is 11.6 Å². The Morgan fingerprint density at radius 3 is 2.60 bits per heavy atom. The molecule has 0 spiro atoms. The number of benzene rings is 2. The Hall–Kier alpha value is -2.56. The minimum atomic E-state index is -4.76. The van der Waals surface area contributed by atoms with Gasteiger partial charge in [-0.25, -0.2) is 8.42 Å². The van der Waals surface area contributed by atoms with E-state index in [9.17, 15) is 26.4 Å². The number of hydrogen-bond acceptors (Lipinski definition) is 4. The summed E-state index contributed by atoms with van der Waals surface area (Å²) in [7, 11) is -3.50. The molecule has 0 bridgehead atoms. The summed E-state index contributed by atoms with van der Waals surface area (Å²) in [6, 6.07) is 7.72. The fourth-order valence-corrected chi connectivity index (χ4v) is 4.68. The minimum absolute atomic E-state index is 0.0908. The predicted molar refractivity (Wildman–Crippen MR) is 105 cm³/mol. The van der Waals surface area contributed by atoms with Crippen molar-refractivity contribution in [3.63, 3.8) is 0 Å². The Bertz CT molecular complexity index is 1190. The molecule has 0 saturated heterocycles. The van der Waals surface area contributed by atoms with Crippen LogP contribution in [0.1, 0.15) is 11.1 Å². The number of ether oxygens (including phenoxy) is 1. The average Bonchev–Trinajstić information content (AvgIpc) is 3.09. The monoisotopic (exact) mass is 460 g/mol. The minimum Gasteiger partial charge on any atom is -0.468 e. The molecule has 2 N–H and O–H groups in total. The van der Waals surface area contributed by atoms with Crippen LogP contribution in [0.15, 0.2) is 53.6 Å². The lowest BCUT2D eigenvalue weighted by Crippen LogP contribution is -2.43. The first-order valence-electron chi connectivity index (χ1n) is 8.55. The molecule has 0 amide bonds. The van der Waals surface area contributed by atoms with Gasteiger partial charge in [0.25, 0.3) is 0 Å². The number of nitrogens with one attached hydrogen (secondary N) is 2. The number of H-pyrrole nitrogens is 1. The molecule has 1 atom stereocenters. The summed E-state index contributed by atoms with van der Waals surface area (Å²) in [6.45, 7) is 0. The number of hydrogen-bond donors (Lipinski definition) is 2. The van der Waals surface area contributed by atoms with Gasteiger partial charge in [0.05, 0.1) is 17.7 Å². The lowest BCUT2D eigenvalue weighted by atomic mass is 10.1. The van der Waals surface area contributed by atoms with E-state index >= 15 is 0 Å². The van der Waals surface area contributed by atoms with E-state index in [4.69, 9.17) is 11.6 Å². The third kappa shape index (κ3) is 4.61. The highest BCUT2D eigenvalue weighted by molar-refractivity contribution is 7.89. The van der Waals surface area contributed by atoms with Crippen molar-refractivity contribution in [3.05, 3.63) is 64.8 Å². The molecule has 30 heavy (non-hydrogen) atoms. The number of esters is 1. The fraction of sp³-hybridized carbons (Fsp3) is 0.211. The van der Waals surface area contributed by atoms with Crippen molar-refractivity contribution >= 4 is 38.5 Å². The number of halogens is 4. The van der Waals surface area contributed by atoms with Gasteiger partial charge in [0.15, 0.2) is 0 Å². The van der Waals surface area contributed by atoms with Crippen LogP contribution in [0, 0.1) is 0 Å². The molecule has 0 fully saturated rings. The molecule has 2 aromatic carbocycles. The number of alkyl halides is 3. The van der Waals surface area contributed by atoms with Crippen LogP contribution in [0.4, 0.5) is 13.2 Å². The molecule has 1 aromatic heterocycles. The molecule has 3 aromatic rings. The predicted octanol–water partition coefficient (Wildman–Crippen LogP) is 3.90. The van der Waals surface area contributed by atoms with E-state index in [-0.39, 0.29) is 6.42 Å². The first kappa shape index (κ1) is 22.1. The van der Waals surface area contributed by atoms with Gasteiger partial charge in [-0.15, -0.1) is 0 Å². The Morgan fingerprint density at radius 1 is 1.23 bits per heavy atom. The number of aromatic amines is 1. The number of sulfonamides is 1. The van der Waals surface area contributed by atoms with Gasteiger partial charge >= 0.3 is 12.1 Å². The summed E-state index contributed by atoms with van der Waals surface area (Å²) in [5.41, 5.74) is 0.220. The lowest BCUT2D eigenvalue weighted by molar-refractivity contribution is -0.142. The van der Waals surface area contributed by atoms with Crippen LogP contribution < -0.4 is 4.72 Å². The molecule has 0 saturated carbocycles. The van der Waals surface area contributed by atoms with E-state index in [2.05, 4.69) is 14.4 Å². The Kier molecular flexibility index (Phi) is 6.11. The van der Waals surface area contributed by atoms with Gasteiger partial charge in [0.1, 0.15) is 10.9 Å². The van der Waals surface area contributed by atoms with Gasteiger partial charge in [-0.2, -0.15) is 17.9 Å². The molecule has 0 aliphatic carbocycles. The zero-order valence-electron chi connectivity index (χ0n) is 15.5. The molecular weight excluding hydrogens is 445 g/mol. The molecule has 0 unspecified atom stereocenters. The molecule has 3 rings (SSSR count). The topological polar surface area (TPSA) is 88.3 Å². The Labute approximate surface area is 175 Å². The number of methoxy groups -OCH3 is 1. The SMILES string of the molecule is COC(=O)[C@@H](Cc1c[nH]c2ccccc12)NS(=O)(=O)c1cc(C(F)(F)F)ccc1Cl. The summed E-state index contributed by atoms with van der Waals surface area (Å²) >= 11 is 5.84. The van der Waals surface area contributed by atoms with E-state index in [1.54, 1.807) is 30.5 Å². The Balaban J connectivity index is 1.96. The summed E-state index contributed by atoms with van der Waals surface area (Å²) < 4.78 is 71.3. The first-order valence-corrected chi connectivity index (χ1v) is 10.4. The zero-order valence-corrected chi connectivity index (χ0v) is 17.0. The van der Waals surface area contributed by atoms with Gasteiger partial charge in [-0.05, 0) is 29.8 Å². The summed E-state index contributed by atoms with van der Waals surface area (Å²) in [4.78, 5) is 14.4. The van der Waals surface area contributed by atoms with E-state index in [1.807, 2.05) is 0 Å². The van der Waals surface area contributed by atoms with Gasteiger partial charge in [-0.1, -0.05) is 29.8 Å². The molecule has 0 aliphatic rings. The number of carbonyl (C=O) groups excluding carboxylic acids is 1. The van der Waals surface area contributed by atoms with Gasteiger partial charge < -0.3 is 9.72 Å². The number of fused-ring (bicyclic) bond motifs is 1. The maximum atomic E-state index is 13.0. The zero-order chi connectivity index (χ0) is 22.1. The van der Waals surface area contributed by atoms with Crippen LogP contribution in [0.5, 0.6) is 0 Å². The van der Waals surface area contributed by atoms with Crippen molar-refractivity contribution in [1.29, 1.82) is 0 Å². The number of rotatable bonds is 6. The smallest absolute Gasteiger partial charge is 0.416 e. The van der Waals surface area contributed by atoms with Crippen molar-refractivity contribution in [2.24, 2.45) is 0 Å². The van der Waals surface area contributed by atoms with Crippen molar-refractivity contribution in [2.75, 3.05) is 7.11 Å². The summed E-state index contributed by atoms with van der Waals surface area (Å²) in [5, 5.41) is 0.355. The van der Waals surface area contributed by atoms with E-state index in [0.29, 0.717) is 17.7 Å². The maximum Gasteiger partial charge on any atom is 0.416 e. The standard InChI is InChI=1S/C19H16ClF3N2O4S/c1-29-18(26)16(8-11-10-24-15-5-3-2-4-13(11)15)25-30(27,28)17-9-12(19(21,22)23)6-7-14(17)20/h2-7,9-10,16,24-25H,8H2,1H3/t16-/m1/s1. The largest absolute Gasteiger partial charge is 0.468 e. The molecule has 160 valence electrons. The van der Waals surface area contributed by atoms with Crippen LogP contribution in [0.3, 0.4) is 0 Å². The molecule has 0 radical (unpaired) electrons. The number of para-hydroxylation sites is 1. The van der Waals surface area contributed by atoms with Crippen molar-refractivity contribution in [1.82, 2.24) is 9.71 Å². The average molecular weight is 461 g/mol. The third-order valence-corrected chi connectivity index (χ3v) is 6.38. The highest BCUT2D eigenvalue weighted by Gasteiger charge is 2.34. The second-order valence-corrected chi connectivity index (χ2v) is 8.49. The highest BCUT2D eigenvalue weighted by Crippen LogP contribution is 2.33. The van der Waals surface area contributed by atoms with Crippen LogP contribution in [-0.2, 0) is 32.2 Å². The van der Waals surface area contributed by atoms with Gasteiger partial charge in [-0.3, -0.25) is 4.79 Å². The van der Waals surface area contributed by atoms with Crippen molar-refractivity contribution in [2.45, 2.75) is 23.5 Å². The van der Waals surface area contributed by atoms with E-state index in [0.717, 1.165) is 24.1 Å². The highest BCUT2D eigenvalue weighted by atomic mass is 35.5. The Morgan fingerprint density at radius 2 is 1.93 bits per heavy atom. The van der Waals surface area contributed by atoms with Gasteiger partial charge in [0.2, 0.25) is 10.0 Å². The quantitative estimate of drug-likeness (QED) is 0.546. The lowest BCUT2D eigenvalue weighted by Gasteiger charge is -2.18. The third-order valence-electron chi connectivity index (χ3n) is 4.43. The molecule has 11 heteroatoms. The van der Waals surface area contributed by atoms with E-state index in [1.165, 1.54) is 0 Å². The van der Waals surface area contributed by atoms with Crippen LogP contribution in [-0.4, -0.2) is 32.5 Å². The molecule has 0 aliphatic heterocycles. The first-order chi connectivity index (χ1) is 14.0. The molecule has 6 nitrogen and oxygen atoms in total. The maximum absolute atomic E-state index is 13.0. The van der Waals surface area contributed by atoms with Crippen molar-refractivity contribution in [3.8, 4) is 0 Å². The normalized spacial score (nSPS) is 13.4. The van der Waals surface area contributed by atoms with Crippen molar-refractivity contribution < 1.29 is 31.1 Å². The van der Waals surface area contributed by atoms with Crippen LogP contribution in [0.2, 0.25) is 5.02 Å². The summed E-state index contributed by atoms with van der Waals surface area (Å²) in [6.07, 6.45) is -3.24. The second kappa shape index (κ2) is 8.29. The molecule has 1 heterocycles. The fourth-order valence-electron chi connectivity index (χ4n) is 2.97. The van der Waals surface area contributed by atoms with Gasteiger partial charge in [0, 0.05) is 23.5 Å². The number of carbonyl (C=O) groups is 1. The number of aromatic nitrogens is 1. The van der Waals surface area contributed by atoms with Crippen LogP contribution in [0.25, 0.3) is 10.9 Å².